The van der Waals surface area contributed by atoms with E-state index < -0.39 is 0 Å². The summed E-state index contributed by atoms with van der Waals surface area (Å²) in [7, 11) is 0. The average Bonchev–Trinajstić information content (AvgIpc) is 2.88. The van der Waals surface area contributed by atoms with E-state index in [9.17, 15) is 9.59 Å². The zero-order valence-electron chi connectivity index (χ0n) is 13.1. The lowest BCUT2D eigenvalue weighted by Gasteiger charge is -2.44. The molecule has 118 valence electrons. The van der Waals surface area contributed by atoms with Crippen LogP contribution in [0, 0.1) is 5.41 Å². The number of carbonyl (C=O) groups excluding carboxylic acids is 2. The van der Waals surface area contributed by atoms with E-state index in [1.165, 1.54) is 0 Å². The third-order valence-corrected chi connectivity index (χ3v) is 5.52. The lowest BCUT2D eigenvalue weighted by Crippen LogP contribution is -2.57. The number of piperazine rings is 1. The second-order valence-corrected chi connectivity index (χ2v) is 6.81. The number of amides is 2. The molecule has 0 spiro atoms. The van der Waals surface area contributed by atoms with Gasteiger partial charge in [-0.1, -0.05) is 13.3 Å². The summed E-state index contributed by atoms with van der Waals surface area (Å²) in [6, 6.07) is 0.274. The molecule has 5 heteroatoms. The Morgan fingerprint density at radius 2 is 2.10 bits per heavy atom. The third kappa shape index (κ3) is 2.68. The van der Waals surface area contributed by atoms with Gasteiger partial charge in [-0.3, -0.25) is 9.59 Å². The van der Waals surface area contributed by atoms with Crippen molar-refractivity contribution in [3.8, 4) is 0 Å². The van der Waals surface area contributed by atoms with Crippen molar-refractivity contribution < 1.29 is 9.59 Å². The fraction of sp³-hybridized carbons (Fsp3) is 0.875. The van der Waals surface area contributed by atoms with Gasteiger partial charge >= 0.3 is 0 Å². The first kappa shape index (κ1) is 14.8. The summed E-state index contributed by atoms with van der Waals surface area (Å²) in [5, 5.41) is 3.37. The quantitative estimate of drug-likeness (QED) is 0.844. The summed E-state index contributed by atoms with van der Waals surface area (Å²) < 4.78 is 0. The van der Waals surface area contributed by atoms with E-state index in [0.717, 1.165) is 64.8 Å². The molecule has 0 radical (unpaired) electrons. The first-order valence-electron chi connectivity index (χ1n) is 8.46. The molecule has 1 N–H and O–H groups in total. The van der Waals surface area contributed by atoms with Crippen LogP contribution in [-0.4, -0.2) is 60.4 Å². The van der Waals surface area contributed by atoms with Gasteiger partial charge in [0.05, 0.1) is 5.41 Å². The average molecular weight is 293 g/mol. The molecule has 3 rings (SSSR count). The molecule has 3 aliphatic heterocycles. The molecule has 3 saturated heterocycles. The summed E-state index contributed by atoms with van der Waals surface area (Å²) in [6.07, 6.45) is 5.57. The lowest BCUT2D eigenvalue weighted by molar-refractivity contribution is -0.149. The highest BCUT2D eigenvalue weighted by Gasteiger charge is 2.44. The highest BCUT2D eigenvalue weighted by molar-refractivity contribution is 5.84. The van der Waals surface area contributed by atoms with Crippen LogP contribution in [0.5, 0.6) is 0 Å². The van der Waals surface area contributed by atoms with Gasteiger partial charge in [0, 0.05) is 32.1 Å². The SMILES string of the molecule is CCCC1(C(=O)N2CCN3C(=O)CCC3C2)CCNCC1. The molecule has 3 aliphatic rings. The maximum absolute atomic E-state index is 13.1. The molecule has 3 fully saturated rings. The van der Waals surface area contributed by atoms with Crippen LogP contribution in [0.4, 0.5) is 0 Å². The largest absolute Gasteiger partial charge is 0.338 e. The molecule has 0 saturated carbocycles. The van der Waals surface area contributed by atoms with Crippen molar-refractivity contribution in [2.24, 2.45) is 5.41 Å². The van der Waals surface area contributed by atoms with Crippen molar-refractivity contribution in [2.75, 3.05) is 32.7 Å². The van der Waals surface area contributed by atoms with Gasteiger partial charge < -0.3 is 15.1 Å². The molecule has 0 aromatic heterocycles. The second kappa shape index (κ2) is 5.95. The lowest BCUT2D eigenvalue weighted by atomic mass is 9.74. The maximum atomic E-state index is 13.1. The molecule has 0 aliphatic carbocycles. The third-order valence-electron chi connectivity index (χ3n) is 5.52. The molecule has 0 aromatic rings. The van der Waals surface area contributed by atoms with E-state index in [-0.39, 0.29) is 17.4 Å². The van der Waals surface area contributed by atoms with Crippen LogP contribution < -0.4 is 5.32 Å². The molecule has 1 atom stereocenters. The predicted molar refractivity (Wildman–Crippen MR) is 80.8 cm³/mol. The molecule has 0 bridgehead atoms. The van der Waals surface area contributed by atoms with Gasteiger partial charge in [0.1, 0.15) is 0 Å². The number of nitrogens with zero attached hydrogens (tertiary/aromatic N) is 2. The van der Waals surface area contributed by atoms with Crippen LogP contribution in [0.2, 0.25) is 0 Å². The minimum Gasteiger partial charge on any atom is -0.338 e. The Morgan fingerprint density at radius 1 is 1.33 bits per heavy atom. The van der Waals surface area contributed by atoms with Crippen molar-refractivity contribution in [1.82, 2.24) is 15.1 Å². The number of rotatable bonds is 3. The highest BCUT2D eigenvalue weighted by atomic mass is 16.2. The van der Waals surface area contributed by atoms with Crippen LogP contribution in [-0.2, 0) is 9.59 Å². The summed E-state index contributed by atoms with van der Waals surface area (Å²) in [4.78, 5) is 28.9. The molecule has 0 aromatic carbocycles. The Labute approximate surface area is 127 Å². The number of hydrogen-bond donors (Lipinski definition) is 1. The number of fused-ring (bicyclic) bond motifs is 1. The van der Waals surface area contributed by atoms with E-state index >= 15 is 0 Å². The fourth-order valence-corrected chi connectivity index (χ4v) is 4.34. The normalized spacial score (nSPS) is 28.6. The Hall–Kier alpha value is -1.10. The van der Waals surface area contributed by atoms with E-state index in [1.807, 2.05) is 4.90 Å². The first-order valence-corrected chi connectivity index (χ1v) is 8.46. The zero-order chi connectivity index (χ0) is 14.9. The monoisotopic (exact) mass is 293 g/mol. The molecular formula is C16H27N3O2. The van der Waals surface area contributed by atoms with E-state index in [0.29, 0.717) is 12.3 Å². The number of nitrogens with one attached hydrogen (secondary N) is 1. The van der Waals surface area contributed by atoms with Crippen molar-refractivity contribution >= 4 is 11.8 Å². The van der Waals surface area contributed by atoms with Gasteiger partial charge in [-0.25, -0.2) is 0 Å². The van der Waals surface area contributed by atoms with Gasteiger partial charge in [0.25, 0.3) is 0 Å². The van der Waals surface area contributed by atoms with E-state index in [1.54, 1.807) is 0 Å². The molecule has 3 heterocycles. The topological polar surface area (TPSA) is 52.7 Å². The summed E-state index contributed by atoms with van der Waals surface area (Å²) in [5.41, 5.74) is -0.148. The molecular weight excluding hydrogens is 266 g/mol. The maximum Gasteiger partial charge on any atom is 0.229 e. The first-order chi connectivity index (χ1) is 10.2. The Morgan fingerprint density at radius 3 is 2.81 bits per heavy atom. The van der Waals surface area contributed by atoms with E-state index in [2.05, 4.69) is 17.1 Å². The van der Waals surface area contributed by atoms with Gasteiger partial charge in [-0.05, 0) is 38.8 Å². The molecule has 21 heavy (non-hydrogen) atoms. The van der Waals surface area contributed by atoms with Crippen LogP contribution in [0.1, 0.15) is 45.4 Å². The standard InChI is InChI=1S/C16H27N3O2/c1-2-5-16(6-8-17-9-7-16)15(21)18-10-11-19-13(12-18)3-4-14(19)20/h13,17H,2-12H2,1H3. The van der Waals surface area contributed by atoms with Crippen LogP contribution >= 0.6 is 0 Å². The van der Waals surface area contributed by atoms with Crippen LogP contribution in [0.15, 0.2) is 0 Å². The summed E-state index contributed by atoms with van der Waals surface area (Å²) >= 11 is 0. The van der Waals surface area contributed by atoms with Crippen molar-refractivity contribution in [3.63, 3.8) is 0 Å². The minimum atomic E-state index is -0.148. The van der Waals surface area contributed by atoms with Gasteiger partial charge in [-0.2, -0.15) is 0 Å². The molecule has 2 amide bonds. The van der Waals surface area contributed by atoms with E-state index in [4.69, 9.17) is 0 Å². The minimum absolute atomic E-state index is 0.148. The summed E-state index contributed by atoms with van der Waals surface area (Å²) in [5.74, 6) is 0.627. The van der Waals surface area contributed by atoms with Crippen LogP contribution in [0.25, 0.3) is 0 Å². The number of hydrogen-bond acceptors (Lipinski definition) is 3. The van der Waals surface area contributed by atoms with Crippen LogP contribution in [0.3, 0.4) is 0 Å². The number of carbonyl (C=O) groups is 2. The van der Waals surface area contributed by atoms with Gasteiger partial charge in [0.2, 0.25) is 11.8 Å². The second-order valence-electron chi connectivity index (χ2n) is 6.81. The highest BCUT2D eigenvalue weighted by Crippen LogP contribution is 2.37. The van der Waals surface area contributed by atoms with Gasteiger partial charge in [0.15, 0.2) is 0 Å². The summed E-state index contributed by atoms with van der Waals surface area (Å²) in [6.45, 7) is 6.28. The predicted octanol–water partition coefficient (Wildman–Crippen LogP) is 0.989. The van der Waals surface area contributed by atoms with Gasteiger partial charge in [-0.15, -0.1) is 0 Å². The molecule has 1 unspecified atom stereocenters. The Balaban J connectivity index is 1.70. The molecule has 5 nitrogen and oxygen atoms in total. The van der Waals surface area contributed by atoms with Crippen molar-refractivity contribution in [3.05, 3.63) is 0 Å². The Bertz CT molecular complexity index is 412. The van der Waals surface area contributed by atoms with Crippen molar-refractivity contribution in [1.29, 1.82) is 0 Å². The Kier molecular flexibility index (Phi) is 4.20. The number of piperidine rings is 1. The zero-order valence-corrected chi connectivity index (χ0v) is 13.1. The fourth-order valence-electron chi connectivity index (χ4n) is 4.34. The van der Waals surface area contributed by atoms with Crippen molar-refractivity contribution in [2.45, 2.75) is 51.5 Å². The smallest absolute Gasteiger partial charge is 0.229 e.